The number of esters is 1. The van der Waals surface area contributed by atoms with E-state index in [0.717, 1.165) is 0 Å². The molecule has 374 valence electrons. The van der Waals surface area contributed by atoms with E-state index in [1.54, 1.807) is 75.5 Å². The smallest absolute Gasteiger partial charge is 0.308 e. The molecule has 3 heterocycles. The molecule has 0 aromatic heterocycles. The Labute approximate surface area is 388 Å². The molecule has 2 saturated heterocycles. The molecular formula is C48H76N2O16. The van der Waals surface area contributed by atoms with Crippen molar-refractivity contribution in [2.45, 2.75) is 183 Å². The van der Waals surface area contributed by atoms with E-state index in [0.29, 0.717) is 0 Å². The predicted octanol–water partition coefficient (Wildman–Crippen LogP) is 0.517. The molecule has 18 nitrogen and oxygen atoms in total. The topological polar surface area (TPSA) is 311 Å². The summed E-state index contributed by atoms with van der Waals surface area (Å²) in [6.07, 6.45) is 6.13. The number of aliphatic hydroxyl groups is 10. The molecule has 17 atom stereocenters. The number of nitrogens with one attached hydrogen (secondary N) is 1. The van der Waals surface area contributed by atoms with Crippen LogP contribution in [0.1, 0.15) is 85.5 Å². The molecule has 66 heavy (non-hydrogen) atoms. The fourth-order valence-corrected chi connectivity index (χ4v) is 7.89. The number of allylic oxidation sites excluding steroid dienone is 12. The standard InChI is InChI=1S/C48H76N2O16/c1-29(2)50-46(61)43-39(57)27-48(62)26-34(53)23-38(56)36(54)20-19-32(51)22-33(52)24-42(59)64-31(4)21-37(55)30(3)17-15-13-11-9-7-5-6-8-10-12-14-16-18-35(25-41(43)66-48)65-47-45(60)44(49)40(58)28-63-47/h5-18,29-41,43-45,47,51-58,60,62H,19-28,49H2,1-4H3,(H,50,61)/b6-5+,9-7+,10-8+,13-11+,14-12+,17-15+,18-16+/t30-,31-,32?,33?,34?,35?,36?,37-,38?,39-,40+,41-,43+,44-,45-,47-,48?/m0/s1. The monoisotopic (exact) mass is 937 g/mol. The molecule has 0 spiro atoms. The van der Waals surface area contributed by atoms with Crippen LogP contribution < -0.4 is 11.1 Å². The maximum Gasteiger partial charge on any atom is 0.308 e. The molecule has 18 heteroatoms. The Kier molecular flexibility index (Phi) is 24.8. The minimum atomic E-state index is -2.25. The van der Waals surface area contributed by atoms with E-state index in [-0.39, 0.29) is 50.7 Å². The normalized spacial score (nSPS) is 42.8. The maximum absolute atomic E-state index is 13.6. The Hall–Kier alpha value is -3.44. The average Bonchev–Trinajstić information content (AvgIpc) is 3.21. The van der Waals surface area contributed by atoms with Crippen molar-refractivity contribution >= 4 is 11.9 Å². The predicted molar refractivity (Wildman–Crippen MR) is 243 cm³/mol. The summed E-state index contributed by atoms with van der Waals surface area (Å²) in [4.78, 5) is 26.1. The van der Waals surface area contributed by atoms with Gasteiger partial charge in [0.25, 0.3) is 0 Å². The molecule has 0 aliphatic carbocycles. The molecule has 7 unspecified atom stereocenters. The molecule has 3 aliphatic rings. The number of nitrogens with two attached hydrogens (primary N) is 1. The van der Waals surface area contributed by atoms with Crippen molar-refractivity contribution in [1.82, 2.24) is 5.32 Å². The molecular weight excluding hydrogens is 861 g/mol. The van der Waals surface area contributed by atoms with Crippen molar-refractivity contribution in [1.29, 1.82) is 0 Å². The fourth-order valence-electron chi connectivity index (χ4n) is 7.89. The lowest BCUT2D eigenvalue weighted by Crippen LogP contribution is -2.60. The quantitative estimate of drug-likeness (QED) is 0.171. The summed E-state index contributed by atoms with van der Waals surface area (Å²) in [5.74, 6) is -5.04. The van der Waals surface area contributed by atoms with Gasteiger partial charge < -0.3 is 81.1 Å². The van der Waals surface area contributed by atoms with Crippen LogP contribution in [0.5, 0.6) is 0 Å². The number of aliphatic hydroxyl groups excluding tert-OH is 9. The van der Waals surface area contributed by atoms with Crippen molar-refractivity contribution in [3.05, 3.63) is 85.1 Å². The third-order valence-corrected chi connectivity index (χ3v) is 11.5. The first-order valence-electron chi connectivity index (χ1n) is 22.9. The van der Waals surface area contributed by atoms with Crippen LogP contribution >= 0.6 is 0 Å². The molecule has 3 aliphatic heterocycles. The van der Waals surface area contributed by atoms with Gasteiger partial charge in [-0.25, -0.2) is 0 Å². The van der Waals surface area contributed by atoms with Crippen molar-refractivity contribution in [3.63, 3.8) is 0 Å². The third-order valence-electron chi connectivity index (χ3n) is 11.5. The minimum Gasteiger partial charge on any atom is -0.462 e. The Bertz CT molecular complexity index is 1670. The number of cyclic esters (lactones) is 1. The van der Waals surface area contributed by atoms with Crippen LogP contribution in [0.4, 0.5) is 0 Å². The molecule has 0 aromatic rings. The summed E-state index contributed by atoms with van der Waals surface area (Å²) >= 11 is 0. The lowest BCUT2D eigenvalue weighted by molar-refractivity contribution is -0.304. The van der Waals surface area contributed by atoms with E-state index < -0.39 is 135 Å². The van der Waals surface area contributed by atoms with Crippen LogP contribution in [0.2, 0.25) is 0 Å². The first-order chi connectivity index (χ1) is 31.2. The first-order valence-corrected chi connectivity index (χ1v) is 22.9. The summed E-state index contributed by atoms with van der Waals surface area (Å²) < 4.78 is 23.2. The van der Waals surface area contributed by atoms with Crippen LogP contribution in [0.3, 0.4) is 0 Å². The zero-order valence-corrected chi connectivity index (χ0v) is 38.5. The van der Waals surface area contributed by atoms with Gasteiger partial charge in [-0.1, -0.05) is 92.0 Å². The Morgan fingerprint density at radius 2 is 1.30 bits per heavy atom. The SMILES string of the molecule is CC(C)NC(=O)[C@H]1[C@@H]2CC(O[C@@H]3OC[C@@H](O)[C@H](N)[C@@H]3O)/C=C/C=C/C=C/C=C/C=C/C=C/C=C/[C@H](C)[C@@H](O)C[C@H](C)OC(=O)CC(O)CC(O)CCC(O)C(O)CC(O)CC(O)(C[C@@H]1O)O2. The Morgan fingerprint density at radius 1 is 0.712 bits per heavy atom. The Balaban J connectivity index is 1.88. The lowest BCUT2D eigenvalue weighted by Gasteiger charge is -2.46. The van der Waals surface area contributed by atoms with Gasteiger partial charge in [0, 0.05) is 44.1 Å². The van der Waals surface area contributed by atoms with Gasteiger partial charge in [-0.3, -0.25) is 9.59 Å². The van der Waals surface area contributed by atoms with Gasteiger partial charge in [-0.2, -0.15) is 0 Å². The number of carbonyl (C=O) groups is 2. The zero-order chi connectivity index (χ0) is 49.0. The van der Waals surface area contributed by atoms with Gasteiger partial charge >= 0.3 is 5.97 Å². The fraction of sp³-hybridized carbons (Fsp3) is 0.667. The number of carbonyl (C=O) groups excluding carboxylic acids is 2. The van der Waals surface area contributed by atoms with Gasteiger partial charge in [0.05, 0.1) is 86.0 Å². The maximum atomic E-state index is 13.6. The highest BCUT2D eigenvalue weighted by molar-refractivity contribution is 5.80. The van der Waals surface area contributed by atoms with Crippen molar-refractivity contribution in [2.75, 3.05) is 6.61 Å². The summed E-state index contributed by atoms with van der Waals surface area (Å²) in [5, 5.41) is 111. The number of hydrogen-bond donors (Lipinski definition) is 12. The molecule has 3 rings (SSSR count). The summed E-state index contributed by atoms with van der Waals surface area (Å²) in [6, 6.07) is -1.43. The number of hydrogen-bond acceptors (Lipinski definition) is 17. The van der Waals surface area contributed by atoms with Crippen LogP contribution in [0.25, 0.3) is 0 Å². The van der Waals surface area contributed by atoms with Crippen molar-refractivity contribution in [3.8, 4) is 0 Å². The van der Waals surface area contributed by atoms with Crippen molar-refractivity contribution in [2.24, 2.45) is 17.6 Å². The third kappa shape index (κ3) is 20.4. The van der Waals surface area contributed by atoms with E-state index in [1.807, 2.05) is 37.3 Å². The number of fused-ring (bicyclic) bond motifs is 2. The first kappa shape index (κ1) is 56.9. The second-order valence-corrected chi connectivity index (χ2v) is 18.0. The minimum absolute atomic E-state index is 0.0860. The van der Waals surface area contributed by atoms with Crippen molar-refractivity contribution < 1.29 is 79.6 Å². The molecule has 0 saturated carbocycles. The number of ether oxygens (including phenoxy) is 4. The molecule has 2 fully saturated rings. The summed E-state index contributed by atoms with van der Waals surface area (Å²) in [6.45, 7) is 6.68. The second kappa shape index (κ2) is 28.8. The molecule has 0 radical (unpaired) electrons. The van der Waals surface area contributed by atoms with E-state index in [4.69, 9.17) is 24.7 Å². The summed E-state index contributed by atoms with van der Waals surface area (Å²) in [7, 11) is 0. The van der Waals surface area contributed by atoms with E-state index in [9.17, 15) is 60.7 Å². The van der Waals surface area contributed by atoms with Gasteiger partial charge in [-0.15, -0.1) is 0 Å². The lowest BCUT2D eigenvalue weighted by atomic mass is 9.82. The van der Waals surface area contributed by atoms with Crippen LogP contribution in [-0.4, -0.2) is 167 Å². The summed E-state index contributed by atoms with van der Waals surface area (Å²) in [5.41, 5.74) is 5.99. The van der Waals surface area contributed by atoms with Gasteiger partial charge in [0.1, 0.15) is 12.2 Å². The van der Waals surface area contributed by atoms with Gasteiger partial charge in [0.2, 0.25) is 5.91 Å². The van der Waals surface area contributed by atoms with E-state index in [1.165, 1.54) is 0 Å². The number of rotatable bonds is 4. The number of amides is 1. The van der Waals surface area contributed by atoms with Crippen LogP contribution in [-0.2, 0) is 28.5 Å². The average molecular weight is 937 g/mol. The molecule has 0 aromatic carbocycles. The molecule has 2 bridgehead atoms. The van der Waals surface area contributed by atoms with E-state index in [2.05, 4.69) is 5.32 Å². The molecule has 1 amide bonds. The highest BCUT2D eigenvalue weighted by Gasteiger charge is 2.50. The van der Waals surface area contributed by atoms with Crippen LogP contribution in [0, 0.1) is 11.8 Å². The highest BCUT2D eigenvalue weighted by Crippen LogP contribution is 2.38. The Morgan fingerprint density at radius 3 is 1.91 bits per heavy atom. The van der Waals surface area contributed by atoms with Crippen LogP contribution in [0.15, 0.2) is 85.1 Å². The second-order valence-electron chi connectivity index (χ2n) is 18.0. The van der Waals surface area contributed by atoms with Gasteiger partial charge in [0.15, 0.2) is 12.1 Å². The molecule has 13 N–H and O–H groups in total. The largest absolute Gasteiger partial charge is 0.462 e. The van der Waals surface area contributed by atoms with E-state index >= 15 is 0 Å². The highest BCUT2D eigenvalue weighted by atomic mass is 16.7. The van der Waals surface area contributed by atoms with Gasteiger partial charge in [-0.05, 0) is 40.0 Å². The zero-order valence-electron chi connectivity index (χ0n) is 38.5.